The van der Waals surface area contributed by atoms with Gasteiger partial charge in [-0.05, 0) is 61.2 Å². The van der Waals surface area contributed by atoms with Crippen LogP contribution in [-0.2, 0) is 16.1 Å². The van der Waals surface area contributed by atoms with E-state index < -0.39 is 12.6 Å². The Bertz CT molecular complexity index is 1440. The monoisotopic (exact) mass is 513 g/mol. The maximum absolute atomic E-state index is 13.3. The van der Waals surface area contributed by atoms with Crippen LogP contribution in [0.3, 0.4) is 0 Å². The lowest BCUT2D eigenvalue weighted by Crippen LogP contribution is -2.10. The molecule has 0 amide bonds. The zero-order valence-electron chi connectivity index (χ0n) is 19.5. The van der Waals surface area contributed by atoms with Crippen LogP contribution >= 0.6 is 11.6 Å². The van der Waals surface area contributed by atoms with Crippen LogP contribution in [0.25, 0.3) is 16.6 Å². The van der Waals surface area contributed by atoms with Gasteiger partial charge in [0, 0.05) is 36.7 Å². The number of hydrogen-bond acceptors (Lipinski definition) is 6. The number of fused-ring (bicyclic) bond motifs is 1. The Balaban J connectivity index is 1.54. The van der Waals surface area contributed by atoms with Crippen molar-refractivity contribution in [2.45, 2.75) is 45.6 Å². The van der Waals surface area contributed by atoms with Crippen LogP contribution in [0.5, 0.6) is 11.6 Å². The Hall–Kier alpha value is -3.72. The van der Waals surface area contributed by atoms with Gasteiger partial charge in [-0.25, -0.2) is 14.5 Å². The van der Waals surface area contributed by atoms with E-state index in [1.165, 1.54) is 24.8 Å². The van der Waals surface area contributed by atoms with Crippen molar-refractivity contribution in [2.75, 3.05) is 0 Å². The fourth-order valence-corrected chi connectivity index (χ4v) is 4.44. The molecule has 0 unspecified atom stereocenters. The van der Waals surface area contributed by atoms with E-state index in [0.717, 1.165) is 24.1 Å². The number of halogens is 3. The van der Waals surface area contributed by atoms with Gasteiger partial charge in [0.2, 0.25) is 5.88 Å². The van der Waals surface area contributed by atoms with E-state index in [1.54, 1.807) is 13.1 Å². The van der Waals surface area contributed by atoms with Crippen LogP contribution in [0.15, 0.2) is 48.7 Å². The zero-order valence-corrected chi connectivity index (χ0v) is 20.3. The lowest BCUT2D eigenvalue weighted by molar-refractivity contribution is -0.210. The van der Waals surface area contributed by atoms with E-state index in [2.05, 4.69) is 10.1 Å². The molecule has 1 saturated carbocycles. The van der Waals surface area contributed by atoms with Gasteiger partial charge in [0.1, 0.15) is 0 Å². The zero-order chi connectivity index (χ0) is 25.4. The molecule has 0 aliphatic heterocycles. The fraction of sp³-hybridized carbons (Fsp3) is 0.269. The van der Waals surface area contributed by atoms with Crippen molar-refractivity contribution < 1.29 is 28.1 Å². The number of alkyl halides is 2. The molecule has 5 rings (SSSR count). The summed E-state index contributed by atoms with van der Waals surface area (Å²) in [4.78, 5) is 25.4. The molecule has 2 aromatic carbocycles. The molecule has 0 saturated heterocycles. The van der Waals surface area contributed by atoms with E-state index in [1.807, 2.05) is 35.0 Å². The minimum Gasteiger partial charge on any atom is -0.417 e. The number of pyridine rings is 1. The summed E-state index contributed by atoms with van der Waals surface area (Å²) in [5.41, 5.74) is 4.15. The third-order valence-electron chi connectivity index (χ3n) is 6.07. The molecule has 36 heavy (non-hydrogen) atoms. The van der Waals surface area contributed by atoms with Crippen LogP contribution in [0.2, 0.25) is 5.02 Å². The van der Waals surface area contributed by atoms with Crippen molar-refractivity contribution in [3.05, 3.63) is 76.1 Å². The Labute approximate surface area is 210 Å². The van der Waals surface area contributed by atoms with E-state index in [9.17, 15) is 13.6 Å². The maximum atomic E-state index is 13.3. The summed E-state index contributed by atoms with van der Waals surface area (Å²) >= 11 is 6.31. The van der Waals surface area contributed by atoms with Gasteiger partial charge in [-0.2, -0.15) is 13.9 Å². The van der Waals surface area contributed by atoms with E-state index in [4.69, 9.17) is 26.1 Å². The summed E-state index contributed by atoms with van der Waals surface area (Å²) < 4.78 is 33.3. The van der Waals surface area contributed by atoms with E-state index >= 15 is 0 Å². The third-order valence-corrected chi connectivity index (χ3v) is 6.37. The average Bonchev–Trinajstić information content (AvgIpc) is 3.57. The molecule has 0 spiro atoms. The summed E-state index contributed by atoms with van der Waals surface area (Å²) in [7, 11) is 0. The molecule has 7 nitrogen and oxygen atoms in total. The summed E-state index contributed by atoms with van der Waals surface area (Å²) in [6.07, 6.45) is 4.38. The van der Waals surface area contributed by atoms with Gasteiger partial charge in [-0.15, -0.1) is 0 Å². The highest BCUT2D eigenvalue weighted by molar-refractivity contribution is 6.35. The lowest BCUT2D eigenvalue weighted by Gasteiger charge is -2.17. The Kier molecular flexibility index (Phi) is 6.49. The third kappa shape index (κ3) is 4.83. The number of carbonyl (C=O) groups is 1. The molecule has 2 heterocycles. The normalized spacial score (nSPS) is 13.3. The van der Waals surface area contributed by atoms with Crippen molar-refractivity contribution in [1.82, 2.24) is 14.8 Å². The minimum absolute atomic E-state index is 0.182. The molecule has 0 bridgehead atoms. The number of ether oxygens (including phenoxy) is 1. The second-order valence-electron chi connectivity index (χ2n) is 8.61. The standard InChI is InChI=1S/C26H22ClF2N3O4/c1-14-19(13-16-3-7-18(8-4-16)32-21(11-12-30-32)17-5-6-17)25(34-26(28)29)31-24-20(27)9-10-22(23(14)24)36-35-15(2)33/h3-4,7-12,17,26H,5-6,13H2,1-2H3. The summed E-state index contributed by atoms with van der Waals surface area (Å²) in [5.74, 6) is -0.152. The molecule has 0 radical (unpaired) electrons. The number of benzene rings is 2. The van der Waals surface area contributed by atoms with Gasteiger partial charge in [-0.3, -0.25) is 9.78 Å². The van der Waals surface area contributed by atoms with E-state index in [0.29, 0.717) is 22.4 Å². The van der Waals surface area contributed by atoms with Crippen molar-refractivity contribution in [3.63, 3.8) is 0 Å². The first-order valence-electron chi connectivity index (χ1n) is 11.4. The number of nitrogens with zero attached hydrogens (tertiary/aromatic N) is 3. The van der Waals surface area contributed by atoms with Crippen molar-refractivity contribution in [3.8, 4) is 17.3 Å². The number of rotatable bonds is 8. The number of aryl methyl sites for hydroxylation is 1. The molecule has 1 aliphatic rings. The molecule has 1 fully saturated rings. The SMILES string of the molecule is CC(=O)OOc1ccc(Cl)c2nc(OC(F)F)c(Cc3ccc(-n4nccc4C4CC4)cc3)c(C)c12. The smallest absolute Gasteiger partial charge is 0.388 e. The first kappa shape index (κ1) is 24.0. The highest BCUT2D eigenvalue weighted by atomic mass is 35.5. The van der Waals surface area contributed by atoms with Crippen molar-refractivity contribution in [2.24, 2.45) is 0 Å². The topological polar surface area (TPSA) is 75.5 Å². The minimum atomic E-state index is -3.07. The second kappa shape index (κ2) is 9.73. The first-order valence-corrected chi connectivity index (χ1v) is 11.7. The van der Waals surface area contributed by atoms with Gasteiger partial charge in [-0.1, -0.05) is 23.7 Å². The Morgan fingerprint density at radius 1 is 1.17 bits per heavy atom. The van der Waals surface area contributed by atoms with Crippen LogP contribution < -0.4 is 9.62 Å². The fourth-order valence-electron chi connectivity index (χ4n) is 4.24. The number of aromatic nitrogens is 3. The van der Waals surface area contributed by atoms with Gasteiger partial charge in [0.15, 0.2) is 5.75 Å². The van der Waals surface area contributed by atoms with Crippen molar-refractivity contribution >= 4 is 28.5 Å². The van der Waals surface area contributed by atoms with Crippen LogP contribution in [0.1, 0.15) is 48.1 Å². The van der Waals surface area contributed by atoms with Gasteiger partial charge < -0.3 is 4.74 Å². The quantitative estimate of drug-likeness (QED) is 0.203. The molecule has 4 aromatic rings. The molecule has 0 N–H and O–H groups in total. The number of hydrogen-bond donors (Lipinski definition) is 0. The summed E-state index contributed by atoms with van der Waals surface area (Å²) in [5, 5.41) is 5.09. The molecular formula is C26H22ClF2N3O4. The first-order chi connectivity index (χ1) is 17.3. The second-order valence-corrected chi connectivity index (χ2v) is 9.02. The highest BCUT2D eigenvalue weighted by Gasteiger charge is 2.27. The van der Waals surface area contributed by atoms with Gasteiger partial charge in [0.05, 0.1) is 21.6 Å². The van der Waals surface area contributed by atoms with Gasteiger partial charge >= 0.3 is 12.6 Å². The largest absolute Gasteiger partial charge is 0.417 e. The van der Waals surface area contributed by atoms with Crippen LogP contribution in [0.4, 0.5) is 8.78 Å². The Morgan fingerprint density at radius 2 is 1.92 bits per heavy atom. The maximum Gasteiger partial charge on any atom is 0.388 e. The van der Waals surface area contributed by atoms with Crippen LogP contribution in [0, 0.1) is 6.92 Å². The predicted molar refractivity (Wildman–Crippen MR) is 129 cm³/mol. The highest BCUT2D eigenvalue weighted by Crippen LogP contribution is 2.41. The average molecular weight is 514 g/mol. The van der Waals surface area contributed by atoms with Crippen LogP contribution in [-0.4, -0.2) is 27.3 Å². The predicted octanol–water partition coefficient (Wildman–Crippen LogP) is 6.31. The summed E-state index contributed by atoms with van der Waals surface area (Å²) in [6, 6.07) is 12.7. The summed E-state index contributed by atoms with van der Waals surface area (Å²) in [6.45, 7) is -0.145. The molecule has 10 heteroatoms. The lowest BCUT2D eigenvalue weighted by atomic mass is 9.97. The molecule has 186 valence electrons. The van der Waals surface area contributed by atoms with E-state index in [-0.39, 0.29) is 28.6 Å². The van der Waals surface area contributed by atoms with Gasteiger partial charge in [0.25, 0.3) is 0 Å². The molecule has 0 atom stereocenters. The number of carbonyl (C=O) groups excluding carboxylic acids is 1. The molecular weight excluding hydrogens is 492 g/mol. The van der Waals surface area contributed by atoms with Crippen molar-refractivity contribution in [1.29, 1.82) is 0 Å². The Morgan fingerprint density at radius 3 is 2.58 bits per heavy atom. The molecule has 2 aromatic heterocycles. The molecule has 1 aliphatic carbocycles.